The first kappa shape index (κ1) is 13.8. The van der Waals surface area contributed by atoms with E-state index < -0.39 is 22.0 Å². The van der Waals surface area contributed by atoms with Crippen molar-refractivity contribution < 1.29 is 10.0 Å². The van der Waals surface area contributed by atoms with Crippen molar-refractivity contribution in [2.75, 3.05) is 0 Å². The largest absolute Gasteiger partial charge is 0.488 e. The Morgan fingerprint density at radius 2 is 2.15 bits per heavy atom. The molecule has 0 atom stereocenters. The zero-order valence-electron chi connectivity index (χ0n) is 9.91. The van der Waals surface area contributed by atoms with E-state index in [0.717, 1.165) is 5.56 Å². The third-order valence-electron chi connectivity index (χ3n) is 2.36. The first-order valence-electron chi connectivity index (χ1n) is 5.38. The first-order valence-corrected chi connectivity index (χ1v) is 5.76. The number of aromatic hydroxyl groups is 1. The maximum Gasteiger partial charge on any atom is 0.395 e. The summed E-state index contributed by atoms with van der Waals surface area (Å²) in [5.41, 5.74) is -1.25. The minimum atomic E-state index is -1.02. The quantitative estimate of drug-likeness (QED) is 0.666. The summed E-state index contributed by atoms with van der Waals surface area (Å²) in [6.07, 6.45) is 2.99. The molecular weight excluding hydrogens is 286 g/mol. The molecule has 0 saturated carbocycles. The van der Waals surface area contributed by atoms with E-state index in [1.54, 1.807) is 30.3 Å². The van der Waals surface area contributed by atoms with Crippen LogP contribution in [0.15, 0.2) is 29.1 Å². The highest BCUT2D eigenvalue weighted by atomic mass is 35.5. The van der Waals surface area contributed by atoms with Gasteiger partial charge in [0.2, 0.25) is 0 Å². The van der Waals surface area contributed by atoms with Crippen molar-refractivity contribution in [3.63, 3.8) is 0 Å². The van der Waals surface area contributed by atoms with Crippen LogP contribution in [-0.2, 0) is 0 Å². The highest BCUT2D eigenvalue weighted by molar-refractivity contribution is 6.30. The molecule has 0 aliphatic carbocycles. The van der Waals surface area contributed by atoms with Gasteiger partial charge in [0.1, 0.15) is 5.82 Å². The van der Waals surface area contributed by atoms with Gasteiger partial charge in [0.25, 0.3) is 5.88 Å². The minimum absolute atomic E-state index is 0.00178. The molecule has 0 spiro atoms. The van der Waals surface area contributed by atoms with Gasteiger partial charge in [-0.2, -0.15) is 4.98 Å². The van der Waals surface area contributed by atoms with E-state index in [1.807, 2.05) is 0 Å². The van der Waals surface area contributed by atoms with Crippen LogP contribution in [0.4, 0.5) is 5.69 Å². The average Bonchev–Trinajstić information content (AvgIpc) is 2.35. The molecule has 2 aromatic rings. The third-order valence-corrected chi connectivity index (χ3v) is 2.59. The molecule has 2 N–H and O–H groups in total. The zero-order chi connectivity index (χ0) is 14.7. The second kappa shape index (κ2) is 5.54. The number of hydrogen-bond donors (Lipinski definition) is 2. The Hall–Kier alpha value is -2.67. The van der Waals surface area contributed by atoms with Crippen molar-refractivity contribution in [2.45, 2.75) is 0 Å². The van der Waals surface area contributed by atoms with Gasteiger partial charge in [-0.05, 0) is 23.8 Å². The number of aromatic nitrogens is 2. The standard InChI is InChI=1S/C12H8ClN3O4/c13-8-3-1-2-7(6-8)4-5-9-14-11(17)10(16(19)20)12(18)15-9/h1-6H,(H2,14,15,17,18)/b5-4+. The fraction of sp³-hybridized carbons (Fsp3) is 0. The summed E-state index contributed by atoms with van der Waals surface area (Å²) in [6, 6.07) is 6.90. The summed E-state index contributed by atoms with van der Waals surface area (Å²) in [5, 5.41) is 20.4. The molecule has 1 aromatic carbocycles. The average molecular weight is 294 g/mol. The number of H-pyrrole nitrogens is 1. The van der Waals surface area contributed by atoms with Crippen LogP contribution in [-0.4, -0.2) is 20.0 Å². The van der Waals surface area contributed by atoms with Gasteiger partial charge >= 0.3 is 11.2 Å². The van der Waals surface area contributed by atoms with Gasteiger partial charge in [-0.1, -0.05) is 29.8 Å². The van der Waals surface area contributed by atoms with E-state index in [0.29, 0.717) is 5.02 Å². The Labute approximate surface area is 117 Å². The van der Waals surface area contributed by atoms with E-state index >= 15 is 0 Å². The van der Waals surface area contributed by atoms with Crippen molar-refractivity contribution in [2.24, 2.45) is 0 Å². The Balaban J connectivity index is 2.36. The molecule has 0 bridgehead atoms. The molecule has 0 unspecified atom stereocenters. The van der Waals surface area contributed by atoms with Crippen molar-refractivity contribution in [3.8, 4) is 5.88 Å². The number of halogens is 1. The first-order chi connectivity index (χ1) is 9.47. The van der Waals surface area contributed by atoms with Crippen LogP contribution < -0.4 is 5.56 Å². The summed E-state index contributed by atoms with van der Waals surface area (Å²) in [4.78, 5) is 26.7. The van der Waals surface area contributed by atoms with E-state index in [2.05, 4.69) is 9.97 Å². The summed E-state index contributed by atoms with van der Waals surface area (Å²) in [6.45, 7) is 0. The number of aromatic amines is 1. The van der Waals surface area contributed by atoms with Gasteiger partial charge in [-0.15, -0.1) is 0 Å². The SMILES string of the molecule is O=c1[nH]c(/C=C/c2cccc(Cl)c2)nc(O)c1[N+](=O)[O-]. The van der Waals surface area contributed by atoms with E-state index in [4.69, 9.17) is 11.6 Å². The second-order valence-corrected chi connectivity index (χ2v) is 4.21. The van der Waals surface area contributed by atoms with Gasteiger partial charge in [-0.3, -0.25) is 14.9 Å². The van der Waals surface area contributed by atoms with Gasteiger partial charge in [0.05, 0.1) is 4.92 Å². The molecule has 0 amide bonds. The number of nitro groups is 1. The minimum Gasteiger partial charge on any atom is -0.488 e. The van der Waals surface area contributed by atoms with Crippen LogP contribution in [0.25, 0.3) is 12.2 Å². The van der Waals surface area contributed by atoms with Gasteiger partial charge in [-0.25, -0.2) is 0 Å². The molecule has 0 fully saturated rings. The number of rotatable bonds is 3. The summed E-state index contributed by atoms with van der Waals surface area (Å²) in [5.74, 6) is -0.928. The Morgan fingerprint density at radius 1 is 1.40 bits per heavy atom. The summed E-state index contributed by atoms with van der Waals surface area (Å²) in [7, 11) is 0. The summed E-state index contributed by atoms with van der Waals surface area (Å²) >= 11 is 5.81. The molecule has 8 heteroatoms. The highest BCUT2D eigenvalue weighted by Crippen LogP contribution is 2.18. The normalized spacial score (nSPS) is 10.8. The fourth-order valence-electron chi connectivity index (χ4n) is 1.50. The predicted octanol–water partition coefficient (Wildman–Crippen LogP) is 2.21. The van der Waals surface area contributed by atoms with Crippen LogP contribution in [0.1, 0.15) is 11.4 Å². The molecule has 2 rings (SSSR count). The van der Waals surface area contributed by atoms with Crippen LogP contribution >= 0.6 is 11.6 Å². The molecular formula is C12H8ClN3O4. The van der Waals surface area contributed by atoms with Crippen molar-refractivity contribution in [1.29, 1.82) is 0 Å². The number of hydrogen-bond acceptors (Lipinski definition) is 5. The van der Waals surface area contributed by atoms with Gasteiger partial charge in [0, 0.05) is 5.02 Å². The van der Waals surface area contributed by atoms with Crippen LogP contribution in [0.5, 0.6) is 5.88 Å². The maximum absolute atomic E-state index is 11.4. The Bertz CT molecular complexity index is 755. The lowest BCUT2D eigenvalue weighted by molar-refractivity contribution is -0.387. The highest BCUT2D eigenvalue weighted by Gasteiger charge is 2.21. The summed E-state index contributed by atoms with van der Waals surface area (Å²) < 4.78 is 0. The van der Waals surface area contributed by atoms with E-state index in [9.17, 15) is 20.0 Å². The van der Waals surface area contributed by atoms with E-state index in [1.165, 1.54) is 6.08 Å². The molecule has 0 aliphatic rings. The lowest BCUT2D eigenvalue weighted by Crippen LogP contribution is -2.14. The molecule has 1 heterocycles. The van der Waals surface area contributed by atoms with Crippen molar-refractivity contribution >= 4 is 29.4 Å². The maximum atomic E-state index is 11.4. The molecule has 102 valence electrons. The molecule has 0 radical (unpaired) electrons. The number of nitrogens with zero attached hydrogens (tertiary/aromatic N) is 2. The number of benzene rings is 1. The van der Waals surface area contributed by atoms with Crippen molar-refractivity contribution in [1.82, 2.24) is 9.97 Å². The molecule has 7 nitrogen and oxygen atoms in total. The topological polar surface area (TPSA) is 109 Å². The van der Waals surface area contributed by atoms with Crippen LogP contribution in [0, 0.1) is 10.1 Å². The third kappa shape index (κ3) is 3.01. The fourth-order valence-corrected chi connectivity index (χ4v) is 1.70. The lowest BCUT2D eigenvalue weighted by Gasteiger charge is -1.97. The van der Waals surface area contributed by atoms with Gasteiger partial charge < -0.3 is 10.1 Å². The van der Waals surface area contributed by atoms with Gasteiger partial charge in [0.15, 0.2) is 0 Å². The van der Waals surface area contributed by atoms with Crippen molar-refractivity contribution in [3.05, 3.63) is 61.1 Å². The molecule has 0 saturated heterocycles. The molecule has 20 heavy (non-hydrogen) atoms. The Morgan fingerprint density at radius 3 is 2.75 bits per heavy atom. The van der Waals surface area contributed by atoms with E-state index in [-0.39, 0.29) is 5.82 Å². The molecule has 0 aliphatic heterocycles. The number of nitrogens with one attached hydrogen (secondary N) is 1. The lowest BCUT2D eigenvalue weighted by atomic mass is 10.2. The Kier molecular flexibility index (Phi) is 3.81. The van der Waals surface area contributed by atoms with Crippen LogP contribution in [0.2, 0.25) is 5.02 Å². The second-order valence-electron chi connectivity index (χ2n) is 3.77. The zero-order valence-corrected chi connectivity index (χ0v) is 10.7. The van der Waals surface area contributed by atoms with Crippen LogP contribution in [0.3, 0.4) is 0 Å². The monoisotopic (exact) mass is 293 g/mol. The smallest absolute Gasteiger partial charge is 0.395 e. The predicted molar refractivity (Wildman–Crippen MR) is 73.6 cm³/mol. The molecule has 1 aromatic heterocycles.